The molecule has 2 amide bonds. The Bertz CT molecular complexity index is 475. The molecule has 0 radical (unpaired) electrons. The van der Waals surface area contributed by atoms with Crippen LogP contribution in [0.15, 0.2) is 30.3 Å². The molecule has 2 N–H and O–H groups in total. The van der Waals surface area contributed by atoms with Gasteiger partial charge in [-0.05, 0) is 5.56 Å². The molecule has 0 aliphatic rings. The number of carboxylic acids is 1. The van der Waals surface area contributed by atoms with Crippen LogP contribution < -0.4 is 5.32 Å². The third-order valence-corrected chi connectivity index (χ3v) is 2.39. The summed E-state index contributed by atoms with van der Waals surface area (Å²) in [5, 5.41) is 10.8. The summed E-state index contributed by atoms with van der Waals surface area (Å²) in [4.78, 5) is 34.2. The predicted molar refractivity (Wildman–Crippen MR) is 69.9 cm³/mol. The molecule has 0 aliphatic carbocycles. The highest BCUT2D eigenvalue weighted by Gasteiger charge is 2.13. The number of hydrogen-bond acceptors (Lipinski definition) is 4. The number of hydrogen-bond donors (Lipinski definition) is 2. The number of rotatable bonds is 6. The van der Waals surface area contributed by atoms with E-state index in [1.54, 1.807) is 12.1 Å². The Morgan fingerprint density at radius 1 is 1.25 bits per heavy atom. The molecule has 7 nitrogen and oxygen atoms in total. The number of ether oxygens (including phenoxy) is 1. The second kappa shape index (κ2) is 7.78. The van der Waals surface area contributed by atoms with Gasteiger partial charge in [-0.25, -0.2) is 4.79 Å². The van der Waals surface area contributed by atoms with Crippen molar-refractivity contribution in [1.29, 1.82) is 0 Å². The van der Waals surface area contributed by atoms with Gasteiger partial charge in [-0.3, -0.25) is 9.59 Å². The van der Waals surface area contributed by atoms with Crippen LogP contribution in [0.5, 0.6) is 0 Å². The minimum absolute atomic E-state index is 0.103. The lowest BCUT2D eigenvalue weighted by molar-refractivity contribution is -0.143. The molecule has 0 atom stereocenters. The van der Waals surface area contributed by atoms with Gasteiger partial charge in [0.05, 0.1) is 0 Å². The Morgan fingerprint density at radius 3 is 2.50 bits per heavy atom. The first-order valence-electron chi connectivity index (χ1n) is 5.89. The van der Waals surface area contributed by atoms with E-state index in [9.17, 15) is 14.4 Å². The number of nitrogens with one attached hydrogen (secondary N) is 1. The van der Waals surface area contributed by atoms with E-state index < -0.39 is 24.5 Å². The molecule has 0 spiro atoms. The van der Waals surface area contributed by atoms with Crippen LogP contribution in [-0.4, -0.2) is 48.1 Å². The van der Waals surface area contributed by atoms with Crippen LogP contribution in [0.3, 0.4) is 0 Å². The standard InChI is InChI=1S/C13H16N2O5/c1-15(8-12(17)18)11(16)7-14-13(19)20-9-10-5-3-2-4-6-10/h2-6H,7-9H2,1H3,(H,14,19)(H,17,18). The van der Waals surface area contributed by atoms with Gasteiger partial charge >= 0.3 is 12.1 Å². The summed E-state index contributed by atoms with van der Waals surface area (Å²) in [5.74, 6) is -1.63. The van der Waals surface area contributed by atoms with E-state index in [4.69, 9.17) is 9.84 Å². The topological polar surface area (TPSA) is 95.9 Å². The first kappa shape index (κ1) is 15.5. The molecule has 0 unspecified atom stereocenters. The summed E-state index contributed by atoms with van der Waals surface area (Å²) in [7, 11) is 1.34. The second-order valence-corrected chi connectivity index (χ2v) is 4.06. The molecule has 0 fully saturated rings. The fourth-order valence-corrected chi connectivity index (χ4v) is 1.35. The minimum atomic E-state index is -1.12. The molecular weight excluding hydrogens is 264 g/mol. The fourth-order valence-electron chi connectivity index (χ4n) is 1.35. The van der Waals surface area contributed by atoms with E-state index in [1.807, 2.05) is 18.2 Å². The molecule has 1 rings (SSSR count). The Morgan fingerprint density at radius 2 is 1.90 bits per heavy atom. The quantitative estimate of drug-likeness (QED) is 0.789. The van der Waals surface area contributed by atoms with Crippen molar-refractivity contribution in [1.82, 2.24) is 10.2 Å². The molecule has 7 heteroatoms. The summed E-state index contributed by atoms with van der Waals surface area (Å²) in [6.45, 7) is -0.622. The molecule has 0 saturated carbocycles. The van der Waals surface area contributed by atoms with Crippen LogP contribution in [0.4, 0.5) is 4.79 Å². The van der Waals surface area contributed by atoms with Crippen molar-refractivity contribution >= 4 is 18.0 Å². The smallest absolute Gasteiger partial charge is 0.407 e. The maximum Gasteiger partial charge on any atom is 0.407 e. The summed E-state index contributed by atoms with van der Waals surface area (Å²) < 4.78 is 4.90. The van der Waals surface area contributed by atoms with Gasteiger partial charge in [-0.15, -0.1) is 0 Å². The molecule has 0 heterocycles. The number of aliphatic carboxylic acids is 1. The van der Waals surface area contributed by atoms with Crippen molar-refractivity contribution in [3.8, 4) is 0 Å². The van der Waals surface area contributed by atoms with E-state index in [2.05, 4.69) is 5.32 Å². The van der Waals surface area contributed by atoms with E-state index in [-0.39, 0.29) is 13.2 Å². The molecule has 0 aliphatic heterocycles. The molecule has 20 heavy (non-hydrogen) atoms. The van der Waals surface area contributed by atoms with Gasteiger partial charge in [0.25, 0.3) is 0 Å². The van der Waals surface area contributed by atoms with Crippen molar-refractivity contribution in [2.45, 2.75) is 6.61 Å². The molecule has 0 bridgehead atoms. The maximum absolute atomic E-state index is 11.4. The van der Waals surface area contributed by atoms with E-state index in [1.165, 1.54) is 7.05 Å². The van der Waals surface area contributed by atoms with Gasteiger partial charge < -0.3 is 20.1 Å². The normalized spacial score (nSPS) is 9.65. The highest BCUT2D eigenvalue weighted by molar-refractivity contribution is 5.84. The van der Waals surface area contributed by atoms with E-state index >= 15 is 0 Å². The molecule has 0 saturated heterocycles. The lowest BCUT2D eigenvalue weighted by Crippen LogP contribution is -2.40. The highest BCUT2D eigenvalue weighted by atomic mass is 16.5. The predicted octanol–water partition coefficient (Wildman–Crippen LogP) is 0.456. The van der Waals surface area contributed by atoms with Crippen LogP contribution in [0, 0.1) is 0 Å². The number of nitrogens with zero attached hydrogens (tertiary/aromatic N) is 1. The first-order chi connectivity index (χ1) is 9.49. The Hall–Kier alpha value is -2.57. The van der Waals surface area contributed by atoms with Gasteiger partial charge in [0.15, 0.2) is 0 Å². The Kier molecular flexibility index (Phi) is 6.02. The van der Waals surface area contributed by atoms with Gasteiger partial charge in [-0.1, -0.05) is 30.3 Å². The van der Waals surface area contributed by atoms with Crippen molar-refractivity contribution in [2.24, 2.45) is 0 Å². The highest BCUT2D eigenvalue weighted by Crippen LogP contribution is 2.00. The third-order valence-electron chi connectivity index (χ3n) is 2.39. The van der Waals surface area contributed by atoms with Crippen LogP contribution in [-0.2, 0) is 20.9 Å². The summed E-state index contributed by atoms with van der Waals surface area (Å²) in [6, 6.07) is 9.10. The molecule has 0 aromatic heterocycles. The Balaban J connectivity index is 2.26. The zero-order valence-corrected chi connectivity index (χ0v) is 11.0. The van der Waals surface area contributed by atoms with Crippen molar-refractivity contribution in [3.05, 3.63) is 35.9 Å². The van der Waals surface area contributed by atoms with E-state index in [0.717, 1.165) is 10.5 Å². The van der Waals surface area contributed by atoms with Crippen molar-refractivity contribution in [3.63, 3.8) is 0 Å². The Labute approximate surface area is 116 Å². The third kappa shape index (κ3) is 5.85. The number of likely N-dealkylation sites (N-methyl/N-ethyl adjacent to an activating group) is 1. The zero-order chi connectivity index (χ0) is 15.0. The number of alkyl carbamates (subject to hydrolysis) is 1. The van der Waals surface area contributed by atoms with Gasteiger partial charge in [-0.2, -0.15) is 0 Å². The van der Waals surface area contributed by atoms with Crippen molar-refractivity contribution < 1.29 is 24.2 Å². The van der Waals surface area contributed by atoms with Crippen LogP contribution in [0.2, 0.25) is 0 Å². The van der Waals surface area contributed by atoms with Crippen LogP contribution >= 0.6 is 0 Å². The zero-order valence-electron chi connectivity index (χ0n) is 11.0. The minimum Gasteiger partial charge on any atom is -0.480 e. The molecule has 1 aromatic carbocycles. The van der Waals surface area contributed by atoms with Crippen LogP contribution in [0.1, 0.15) is 5.56 Å². The number of carboxylic acid groups (broad SMARTS) is 1. The number of amides is 2. The van der Waals surface area contributed by atoms with Crippen LogP contribution in [0.25, 0.3) is 0 Å². The summed E-state index contributed by atoms with van der Waals surface area (Å²) in [5.41, 5.74) is 0.831. The average Bonchev–Trinajstić information content (AvgIpc) is 2.42. The lowest BCUT2D eigenvalue weighted by atomic mass is 10.2. The number of benzene rings is 1. The van der Waals surface area contributed by atoms with Gasteiger partial charge in [0.1, 0.15) is 19.7 Å². The SMILES string of the molecule is CN(CC(=O)O)C(=O)CNC(=O)OCc1ccccc1. The lowest BCUT2D eigenvalue weighted by Gasteiger charge is -2.14. The monoisotopic (exact) mass is 280 g/mol. The molecule has 108 valence electrons. The molecular formula is C13H16N2O5. The summed E-state index contributed by atoms with van der Waals surface area (Å²) in [6.07, 6.45) is -0.731. The number of carbonyl (C=O) groups is 3. The van der Waals surface area contributed by atoms with Gasteiger partial charge in [0, 0.05) is 7.05 Å². The first-order valence-corrected chi connectivity index (χ1v) is 5.89. The average molecular weight is 280 g/mol. The van der Waals surface area contributed by atoms with Gasteiger partial charge in [0.2, 0.25) is 5.91 Å². The second-order valence-electron chi connectivity index (χ2n) is 4.06. The van der Waals surface area contributed by atoms with E-state index in [0.29, 0.717) is 0 Å². The largest absolute Gasteiger partial charge is 0.480 e. The van der Waals surface area contributed by atoms with Crippen molar-refractivity contribution in [2.75, 3.05) is 20.1 Å². The number of carbonyl (C=O) groups excluding carboxylic acids is 2. The maximum atomic E-state index is 11.4. The molecule has 1 aromatic rings. The fraction of sp³-hybridized carbons (Fsp3) is 0.308. The summed E-state index contributed by atoms with van der Waals surface area (Å²) >= 11 is 0.